The lowest BCUT2D eigenvalue weighted by Gasteiger charge is -2.27. The third-order valence-corrected chi connectivity index (χ3v) is 5.95. The SMILES string of the molecule is Cc1nc(-c2nnn(C)c2CNC(=O)OCc2ccccc2)cnc1OC1CCCC(C(=O)O)C1. The summed E-state index contributed by atoms with van der Waals surface area (Å²) in [6.45, 7) is 2.09. The molecular weight excluding hydrogens is 452 g/mol. The topological polar surface area (TPSA) is 141 Å². The lowest BCUT2D eigenvalue weighted by Crippen LogP contribution is -2.30. The second kappa shape index (κ2) is 10.9. The number of nitrogens with zero attached hydrogens (tertiary/aromatic N) is 5. The summed E-state index contributed by atoms with van der Waals surface area (Å²) in [5.41, 5.74) is 3.07. The van der Waals surface area contributed by atoms with Gasteiger partial charge in [0, 0.05) is 7.05 Å². The van der Waals surface area contributed by atoms with Gasteiger partial charge in [0.15, 0.2) is 0 Å². The number of nitrogens with one attached hydrogen (secondary N) is 1. The minimum atomic E-state index is -0.788. The van der Waals surface area contributed by atoms with Gasteiger partial charge in [0.1, 0.15) is 29.8 Å². The van der Waals surface area contributed by atoms with Crippen molar-refractivity contribution in [3.05, 3.63) is 53.5 Å². The maximum absolute atomic E-state index is 12.2. The molecule has 1 aromatic carbocycles. The highest BCUT2D eigenvalue weighted by Gasteiger charge is 2.29. The maximum Gasteiger partial charge on any atom is 0.407 e. The summed E-state index contributed by atoms with van der Waals surface area (Å²) < 4.78 is 12.8. The van der Waals surface area contributed by atoms with Crippen molar-refractivity contribution in [1.29, 1.82) is 0 Å². The summed E-state index contributed by atoms with van der Waals surface area (Å²) >= 11 is 0. The average molecular weight is 481 g/mol. The molecule has 1 aliphatic rings. The highest BCUT2D eigenvalue weighted by molar-refractivity contribution is 5.70. The summed E-state index contributed by atoms with van der Waals surface area (Å²) in [4.78, 5) is 32.5. The molecule has 0 radical (unpaired) electrons. The summed E-state index contributed by atoms with van der Waals surface area (Å²) in [6, 6.07) is 9.42. The Balaban J connectivity index is 1.39. The third kappa shape index (κ3) is 6.11. The molecule has 1 saturated carbocycles. The predicted molar refractivity (Wildman–Crippen MR) is 124 cm³/mol. The predicted octanol–water partition coefficient (Wildman–Crippen LogP) is 3.03. The first-order valence-electron chi connectivity index (χ1n) is 11.5. The van der Waals surface area contributed by atoms with E-state index < -0.39 is 18.0 Å². The van der Waals surface area contributed by atoms with Gasteiger partial charge in [-0.1, -0.05) is 35.5 Å². The molecule has 1 aliphatic carbocycles. The van der Waals surface area contributed by atoms with Gasteiger partial charge in [0.2, 0.25) is 5.88 Å². The van der Waals surface area contributed by atoms with Crippen LogP contribution in [0.4, 0.5) is 4.79 Å². The molecule has 2 aromatic heterocycles. The van der Waals surface area contributed by atoms with Crippen LogP contribution in [0.15, 0.2) is 36.5 Å². The van der Waals surface area contributed by atoms with Gasteiger partial charge < -0.3 is 19.9 Å². The van der Waals surface area contributed by atoms with Crippen molar-refractivity contribution in [3.8, 4) is 17.3 Å². The Kier molecular flexibility index (Phi) is 7.54. The summed E-state index contributed by atoms with van der Waals surface area (Å²) in [5.74, 6) is -0.808. The number of benzene rings is 1. The van der Waals surface area contributed by atoms with Crippen LogP contribution in [0.5, 0.6) is 5.88 Å². The van der Waals surface area contributed by atoms with Crippen molar-refractivity contribution >= 4 is 12.1 Å². The number of hydrogen-bond donors (Lipinski definition) is 2. The Labute approximate surface area is 202 Å². The summed E-state index contributed by atoms with van der Waals surface area (Å²) in [6.07, 6.45) is 3.49. The number of rotatable bonds is 8. The van der Waals surface area contributed by atoms with E-state index in [9.17, 15) is 14.7 Å². The first-order chi connectivity index (χ1) is 16.9. The van der Waals surface area contributed by atoms with Gasteiger partial charge in [0.05, 0.1) is 24.4 Å². The molecule has 35 heavy (non-hydrogen) atoms. The van der Waals surface area contributed by atoms with Gasteiger partial charge in [-0.25, -0.2) is 19.4 Å². The van der Waals surface area contributed by atoms with E-state index in [-0.39, 0.29) is 19.3 Å². The quantitative estimate of drug-likeness (QED) is 0.497. The highest BCUT2D eigenvalue weighted by Crippen LogP contribution is 2.29. The van der Waals surface area contributed by atoms with E-state index in [1.807, 2.05) is 30.3 Å². The fourth-order valence-electron chi connectivity index (χ4n) is 4.04. The molecule has 2 unspecified atom stereocenters. The number of aliphatic carboxylic acids is 1. The van der Waals surface area contributed by atoms with Crippen LogP contribution >= 0.6 is 0 Å². The second-order valence-corrected chi connectivity index (χ2v) is 8.51. The van der Waals surface area contributed by atoms with E-state index >= 15 is 0 Å². The van der Waals surface area contributed by atoms with E-state index in [0.717, 1.165) is 18.4 Å². The normalized spacial score (nSPS) is 17.5. The fraction of sp³-hybridized carbons (Fsp3) is 0.417. The fourth-order valence-corrected chi connectivity index (χ4v) is 4.04. The van der Waals surface area contributed by atoms with Crippen LogP contribution in [-0.2, 0) is 29.7 Å². The van der Waals surface area contributed by atoms with Crippen molar-refractivity contribution < 1.29 is 24.2 Å². The Morgan fingerprint density at radius 2 is 2.03 bits per heavy atom. The molecule has 0 saturated heterocycles. The summed E-state index contributed by atoms with van der Waals surface area (Å²) in [5, 5.41) is 20.3. The minimum Gasteiger partial charge on any atom is -0.481 e. The molecule has 4 rings (SSSR count). The zero-order valence-electron chi connectivity index (χ0n) is 19.7. The van der Waals surface area contributed by atoms with Gasteiger partial charge >= 0.3 is 12.1 Å². The van der Waals surface area contributed by atoms with E-state index in [0.29, 0.717) is 41.5 Å². The van der Waals surface area contributed by atoms with Crippen LogP contribution in [0.25, 0.3) is 11.4 Å². The molecular formula is C24H28N6O5. The Morgan fingerprint density at radius 3 is 2.77 bits per heavy atom. The Hall–Kier alpha value is -4.02. The van der Waals surface area contributed by atoms with Crippen LogP contribution < -0.4 is 10.1 Å². The molecule has 2 heterocycles. The zero-order valence-corrected chi connectivity index (χ0v) is 19.7. The Bertz CT molecular complexity index is 1180. The number of alkyl carbamates (subject to hydrolysis) is 1. The number of aryl methyl sites for hydroxylation is 2. The molecule has 11 nitrogen and oxygen atoms in total. The van der Waals surface area contributed by atoms with Gasteiger partial charge in [-0.3, -0.25) is 4.79 Å². The molecule has 0 spiro atoms. The van der Waals surface area contributed by atoms with Gasteiger partial charge in [-0.05, 0) is 38.2 Å². The third-order valence-electron chi connectivity index (χ3n) is 5.95. The molecule has 1 fully saturated rings. The van der Waals surface area contributed by atoms with Crippen LogP contribution in [0.1, 0.15) is 42.6 Å². The maximum atomic E-state index is 12.2. The Morgan fingerprint density at radius 1 is 1.23 bits per heavy atom. The highest BCUT2D eigenvalue weighted by atomic mass is 16.5. The number of ether oxygens (including phenoxy) is 2. The van der Waals surface area contributed by atoms with Crippen molar-refractivity contribution in [2.75, 3.05) is 0 Å². The zero-order chi connectivity index (χ0) is 24.8. The molecule has 2 N–H and O–H groups in total. The smallest absolute Gasteiger partial charge is 0.407 e. The molecule has 2 atom stereocenters. The molecule has 0 aliphatic heterocycles. The number of hydrogen-bond acceptors (Lipinski definition) is 8. The van der Waals surface area contributed by atoms with Crippen LogP contribution in [0, 0.1) is 12.8 Å². The molecule has 1 amide bonds. The number of amides is 1. The van der Waals surface area contributed by atoms with Crippen LogP contribution in [0.3, 0.4) is 0 Å². The van der Waals surface area contributed by atoms with Crippen LogP contribution in [0.2, 0.25) is 0 Å². The van der Waals surface area contributed by atoms with Crippen molar-refractivity contribution in [2.45, 2.75) is 51.9 Å². The molecule has 0 bridgehead atoms. The largest absolute Gasteiger partial charge is 0.481 e. The van der Waals surface area contributed by atoms with Gasteiger partial charge in [0.25, 0.3) is 0 Å². The molecule has 11 heteroatoms. The standard InChI is InChI=1S/C24H28N6O5/c1-15-22(35-18-10-6-9-17(11-18)23(31)32)25-12-19(27-15)21-20(30(2)29-28-21)13-26-24(33)34-14-16-7-4-3-5-8-16/h3-5,7-8,12,17-18H,6,9-11,13-14H2,1-2H3,(H,26,33)(H,31,32). The lowest BCUT2D eigenvalue weighted by atomic mass is 9.87. The number of carbonyl (C=O) groups is 2. The van der Waals surface area contributed by atoms with E-state index in [1.165, 1.54) is 0 Å². The first kappa shape index (κ1) is 24.1. The first-order valence-corrected chi connectivity index (χ1v) is 11.5. The minimum absolute atomic E-state index is 0.143. The van der Waals surface area contributed by atoms with E-state index in [2.05, 4.69) is 25.6 Å². The molecule has 184 valence electrons. The number of carboxylic acids is 1. The monoisotopic (exact) mass is 480 g/mol. The average Bonchev–Trinajstić information content (AvgIpc) is 3.23. The number of carboxylic acid groups (broad SMARTS) is 1. The van der Waals surface area contributed by atoms with Crippen LogP contribution in [-0.4, -0.2) is 48.2 Å². The molecule has 3 aromatic rings. The number of carbonyl (C=O) groups excluding carboxylic acids is 1. The van der Waals surface area contributed by atoms with Gasteiger partial charge in [-0.15, -0.1) is 5.10 Å². The number of aromatic nitrogens is 5. The van der Waals surface area contributed by atoms with E-state index in [4.69, 9.17) is 9.47 Å². The van der Waals surface area contributed by atoms with Crippen molar-refractivity contribution in [1.82, 2.24) is 30.3 Å². The van der Waals surface area contributed by atoms with Crippen molar-refractivity contribution in [2.24, 2.45) is 13.0 Å². The van der Waals surface area contributed by atoms with Gasteiger partial charge in [-0.2, -0.15) is 0 Å². The van der Waals surface area contributed by atoms with Crippen molar-refractivity contribution in [3.63, 3.8) is 0 Å². The van der Waals surface area contributed by atoms with E-state index in [1.54, 1.807) is 24.9 Å². The summed E-state index contributed by atoms with van der Waals surface area (Å²) in [7, 11) is 1.72. The second-order valence-electron chi connectivity index (χ2n) is 8.51. The lowest BCUT2D eigenvalue weighted by molar-refractivity contribution is -0.143.